The van der Waals surface area contributed by atoms with Crippen molar-refractivity contribution in [2.75, 3.05) is 71.9 Å². The molecule has 1 heterocycles. The summed E-state index contributed by atoms with van der Waals surface area (Å²) in [5.41, 5.74) is 0.927. The highest BCUT2D eigenvalue weighted by molar-refractivity contribution is 5.93. The first-order chi connectivity index (χ1) is 13.5. The highest BCUT2D eigenvalue weighted by atomic mass is 16.5. The summed E-state index contributed by atoms with van der Waals surface area (Å²) in [6.07, 6.45) is 0. The van der Waals surface area contributed by atoms with E-state index in [1.165, 1.54) is 0 Å². The summed E-state index contributed by atoms with van der Waals surface area (Å²) in [4.78, 5) is 9.72. The summed E-state index contributed by atoms with van der Waals surface area (Å²) in [6, 6.07) is 5.83. The van der Waals surface area contributed by atoms with E-state index in [1.54, 1.807) is 7.11 Å². The largest absolute Gasteiger partial charge is 0.493 e. The molecule has 1 aromatic carbocycles. The highest BCUT2D eigenvalue weighted by Crippen LogP contribution is 2.30. The van der Waals surface area contributed by atoms with E-state index in [0.717, 1.165) is 69.0 Å². The Morgan fingerprint density at radius 1 is 1.18 bits per heavy atom. The maximum atomic E-state index is 5.67. The molecule has 1 unspecified atom stereocenters. The van der Waals surface area contributed by atoms with E-state index in [0.29, 0.717) is 12.5 Å². The fourth-order valence-corrected chi connectivity index (χ4v) is 3.24. The lowest BCUT2D eigenvalue weighted by molar-refractivity contribution is 0.140. The zero-order chi connectivity index (χ0) is 20.4. The van der Waals surface area contributed by atoms with Gasteiger partial charge in [-0.15, -0.1) is 0 Å². The summed E-state index contributed by atoms with van der Waals surface area (Å²) in [6.45, 7) is 14.2. The van der Waals surface area contributed by atoms with Gasteiger partial charge < -0.3 is 29.9 Å². The van der Waals surface area contributed by atoms with E-state index in [-0.39, 0.29) is 0 Å². The minimum atomic E-state index is 0.508. The summed E-state index contributed by atoms with van der Waals surface area (Å²) >= 11 is 0. The Morgan fingerprint density at radius 3 is 2.57 bits per heavy atom. The molecule has 1 fully saturated rings. The van der Waals surface area contributed by atoms with Crippen LogP contribution in [0.5, 0.6) is 11.5 Å². The minimum absolute atomic E-state index is 0.508. The first kappa shape index (κ1) is 22.3. The number of guanidine groups is 1. The fourth-order valence-electron chi connectivity index (χ4n) is 3.24. The van der Waals surface area contributed by atoms with Crippen LogP contribution in [0.1, 0.15) is 20.8 Å². The third kappa shape index (κ3) is 7.20. The molecule has 0 amide bonds. The molecule has 1 atom stereocenters. The molecular weight excluding hydrogens is 354 g/mol. The molecule has 7 nitrogen and oxygen atoms in total. The van der Waals surface area contributed by atoms with Crippen molar-refractivity contribution >= 4 is 11.6 Å². The number of hydrogen-bond donors (Lipinski definition) is 2. The van der Waals surface area contributed by atoms with Crippen LogP contribution in [0.15, 0.2) is 23.2 Å². The topological polar surface area (TPSA) is 61.4 Å². The number of nitrogens with one attached hydrogen (secondary N) is 2. The van der Waals surface area contributed by atoms with Gasteiger partial charge in [-0.25, -0.2) is 0 Å². The van der Waals surface area contributed by atoms with Crippen LogP contribution in [0.3, 0.4) is 0 Å². The number of nitrogens with zero attached hydrogens (tertiary/aromatic N) is 3. The Bertz CT molecular complexity index is 615. The van der Waals surface area contributed by atoms with Crippen LogP contribution >= 0.6 is 0 Å². The first-order valence-electron chi connectivity index (χ1n) is 10.3. The van der Waals surface area contributed by atoms with E-state index >= 15 is 0 Å². The Labute approximate surface area is 170 Å². The highest BCUT2D eigenvalue weighted by Gasteiger charge is 2.16. The van der Waals surface area contributed by atoms with Crippen molar-refractivity contribution in [2.45, 2.75) is 20.8 Å². The monoisotopic (exact) mass is 391 g/mol. The molecule has 2 N–H and O–H groups in total. The van der Waals surface area contributed by atoms with Gasteiger partial charge in [0.05, 0.1) is 13.7 Å². The molecule has 1 aliphatic rings. The van der Waals surface area contributed by atoms with Crippen LogP contribution in [0.4, 0.5) is 5.69 Å². The molecule has 1 saturated heterocycles. The van der Waals surface area contributed by atoms with E-state index in [1.807, 2.05) is 25.1 Å². The first-order valence-corrected chi connectivity index (χ1v) is 10.3. The van der Waals surface area contributed by atoms with Gasteiger partial charge in [-0.05, 0) is 38.9 Å². The van der Waals surface area contributed by atoms with Crippen LogP contribution < -0.4 is 20.1 Å². The molecular formula is C21H37N5O2. The van der Waals surface area contributed by atoms with Gasteiger partial charge in [0, 0.05) is 57.6 Å². The minimum Gasteiger partial charge on any atom is -0.493 e. The van der Waals surface area contributed by atoms with Crippen LogP contribution in [0.2, 0.25) is 0 Å². The Kier molecular flexibility index (Phi) is 9.37. The van der Waals surface area contributed by atoms with Gasteiger partial charge in [-0.3, -0.25) is 4.99 Å². The average Bonchev–Trinajstić information content (AvgIpc) is 2.69. The summed E-state index contributed by atoms with van der Waals surface area (Å²) in [5.74, 6) is 2.76. The Balaban J connectivity index is 1.95. The SMILES string of the molecule is CCNC(=NCC(C)CN1CCN(C)CC1)Nc1ccc(OC)c(OCC)c1. The van der Waals surface area contributed by atoms with Gasteiger partial charge in [-0.1, -0.05) is 6.92 Å². The second-order valence-corrected chi connectivity index (χ2v) is 7.35. The maximum Gasteiger partial charge on any atom is 0.195 e. The normalized spacial score (nSPS) is 17.2. The third-order valence-corrected chi connectivity index (χ3v) is 4.80. The fraction of sp³-hybridized carbons (Fsp3) is 0.667. The van der Waals surface area contributed by atoms with Crippen molar-refractivity contribution in [3.63, 3.8) is 0 Å². The zero-order valence-corrected chi connectivity index (χ0v) is 18.1. The van der Waals surface area contributed by atoms with Gasteiger partial charge in [-0.2, -0.15) is 0 Å². The maximum absolute atomic E-state index is 5.67. The summed E-state index contributed by atoms with van der Waals surface area (Å²) in [5, 5.41) is 6.70. The number of aliphatic imine (C=N–C) groups is 1. The van der Waals surface area contributed by atoms with Crippen LogP contribution in [-0.4, -0.2) is 82.3 Å². The quantitative estimate of drug-likeness (QED) is 0.498. The van der Waals surface area contributed by atoms with E-state index in [2.05, 4.69) is 41.3 Å². The Hall–Kier alpha value is -1.99. The predicted molar refractivity (Wildman–Crippen MR) is 117 cm³/mol. The second-order valence-electron chi connectivity index (χ2n) is 7.35. The molecule has 0 aromatic heterocycles. The van der Waals surface area contributed by atoms with Gasteiger partial charge in [0.15, 0.2) is 17.5 Å². The molecule has 0 aliphatic carbocycles. The molecule has 0 bridgehead atoms. The van der Waals surface area contributed by atoms with Crippen molar-refractivity contribution < 1.29 is 9.47 Å². The van der Waals surface area contributed by atoms with Gasteiger partial charge >= 0.3 is 0 Å². The van der Waals surface area contributed by atoms with E-state index in [9.17, 15) is 0 Å². The van der Waals surface area contributed by atoms with Crippen LogP contribution in [0.25, 0.3) is 0 Å². The van der Waals surface area contributed by atoms with Crippen molar-refractivity contribution in [3.8, 4) is 11.5 Å². The third-order valence-electron chi connectivity index (χ3n) is 4.80. The number of piperazine rings is 1. The molecule has 2 rings (SSSR count). The lowest BCUT2D eigenvalue weighted by atomic mass is 10.1. The smallest absolute Gasteiger partial charge is 0.195 e. The molecule has 0 saturated carbocycles. The molecule has 1 aliphatic heterocycles. The number of anilines is 1. The predicted octanol–water partition coefficient (Wildman–Crippen LogP) is 2.35. The number of benzene rings is 1. The second kappa shape index (κ2) is 11.8. The van der Waals surface area contributed by atoms with E-state index in [4.69, 9.17) is 14.5 Å². The Morgan fingerprint density at radius 2 is 1.93 bits per heavy atom. The number of methoxy groups -OCH3 is 1. The number of ether oxygens (including phenoxy) is 2. The standard InChI is InChI=1S/C21H37N5O2/c1-6-22-21(23-15-17(3)16-26-12-10-25(4)11-13-26)24-18-8-9-19(27-5)20(14-18)28-7-2/h8-9,14,17H,6-7,10-13,15-16H2,1-5H3,(H2,22,23,24). The zero-order valence-electron chi connectivity index (χ0n) is 18.1. The van der Waals surface area contributed by atoms with Crippen molar-refractivity contribution in [1.82, 2.24) is 15.1 Å². The molecule has 0 radical (unpaired) electrons. The number of hydrogen-bond acceptors (Lipinski definition) is 5. The van der Waals surface area contributed by atoms with Gasteiger partial charge in [0.1, 0.15) is 0 Å². The lowest BCUT2D eigenvalue weighted by Gasteiger charge is -2.33. The lowest BCUT2D eigenvalue weighted by Crippen LogP contribution is -2.46. The summed E-state index contributed by atoms with van der Waals surface area (Å²) in [7, 11) is 3.84. The average molecular weight is 392 g/mol. The number of likely N-dealkylation sites (N-methyl/N-ethyl adjacent to an activating group) is 1. The molecule has 7 heteroatoms. The van der Waals surface area contributed by atoms with Crippen molar-refractivity contribution in [3.05, 3.63) is 18.2 Å². The van der Waals surface area contributed by atoms with Crippen molar-refractivity contribution in [1.29, 1.82) is 0 Å². The van der Waals surface area contributed by atoms with Crippen LogP contribution in [-0.2, 0) is 0 Å². The molecule has 1 aromatic rings. The molecule has 0 spiro atoms. The van der Waals surface area contributed by atoms with Crippen LogP contribution in [0, 0.1) is 5.92 Å². The number of rotatable bonds is 9. The van der Waals surface area contributed by atoms with Gasteiger partial charge in [0.25, 0.3) is 0 Å². The molecule has 28 heavy (non-hydrogen) atoms. The van der Waals surface area contributed by atoms with Crippen molar-refractivity contribution in [2.24, 2.45) is 10.9 Å². The van der Waals surface area contributed by atoms with Gasteiger partial charge in [0.2, 0.25) is 0 Å². The summed E-state index contributed by atoms with van der Waals surface area (Å²) < 4.78 is 11.0. The van der Waals surface area contributed by atoms with E-state index < -0.39 is 0 Å². The molecule has 158 valence electrons.